The molecule has 1 aromatic carbocycles. The van der Waals surface area contributed by atoms with Crippen LogP contribution in [-0.4, -0.2) is 40.5 Å². The Kier molecular flexibility index (Phi) is 4.83. The number of fused-ring (bicyclic) bond motifs is 1. The van der Waals surface area contributed by atoms with Gasteiger partial charge in [0.25, 0.3) is 0 Å². The zero-order valence-electron chi connectivity index (χ0n) is 12.5. The van der Waals surface area contributed by atoms with E-state index in [0.717, 1.165) is 11.3 Å². The highest BCUT2D eigenvalue weighted by atomic mass is 16.4. The summed E-state index contributed by atoms with van der Waals surface area (Å²) in [6.07, 6.45) is 1.27. The minimum absolute atomic E-state index is 0.0478. The van der Waals surface area contributed by atoms with Crippen molar-refractivity contribution in [2.75, 3.05) is 11.9 Å². The van der Waals surface area contributed by atoms with E-state index in [4.69, 9.17) is 5.11 Å². The third-order valence-corrected chi connectivity index (χ3v) is 3.77. The average Bonchev–Trinajstić information content (AvgIpc) is 2.86. The molecule has 5 nitrogen and oxygen atoms in total. The molecule has 1 unspecified atom stereocenters. The molecule has 5 heteroatoms. The maximum Gasteiger partial charge on any atom is 0.303 e. The predicted molar refractivity (Wildman–Crippen MR) is 81.3 cm³/mol. The lowest BCUT2D eigenvalue weighted by atomic mass is 10.1. The van der Waals surface area contributed by atoms with E-state index in [-0.39, 0.29) is 24.4 Å². The van der Waals surface area contributed by atoms with Crippen molar-refractivity contribution in [2.24, 2.45) is 0 Å². The molecule has 114 valence electrons. The average molecular weight is 290 g/mol. The first-order valence-electron chi connectivity index (χ1n) is 7.35. The number of rotatable bonds is 6. The largest absolute Gasteiger partial charge is 0.481 e. The van der Waals surface area contributed by atoms with Gasteiger partial charge >= 0.3 is 5.97 Å². The van der Waals surface area contributed by atoms with Crippen LogP contribution in [0.3, 0.4) is 0 Å². The fourth-order valence-corrected chi connectivity index (χ4v) is 2.67. The van der Waals surface area contributed by atoms with Gasteiger partial charge in [0, 0.05) is 31.1 Å². The summed E-state index contributed by atoms with van der Waals surface area (Å²) in [6.45, 7) is 4.40. The van der Waals surface area contributed by atoms with Gasteiger partial charge in [0.1, 0.15) is 6.04 Å². The van der Waals surface area contributed by atoms with Crippen LogP contribution in [0.15, 0.2) is 24.3 Å². The second kappa shape index (κ2) is 6.61. The van der Waals surface area contributed by atoms with Crippen LogP contribution in [0.1, 0.15) is 32.3 Å². The maximum atomic E-state index is 12.6. The van der Waals surface area contributed by atoms with Crippen molar-refractivity contribution >= 4 is 17.6 Å². The summed E-state index contributed by atoms with van der Waals surface area (Å²) in [4.78, 5) is 25.0. The molecule has 0 fully saturated rings. The first-order valence-corrected chi connectivity index (χ1v) is 7.35. The third-order valence-electron chi connectivity index (χ3n) is 3.77. The zero-order valence-corrected chi connectivity index (χ0v) is 12.5. The molecule has 1 aliphatic heterocycles. The summed E-state index contributed by atoms with van der Waals surface area (Å²) in [5.74, 6) is -0.774. The molecule has 0 aromatic heterocycles. The Morgan fingerprint density at radius 2 is 2.10 bits per heavy atom. The van der Waals surface area contributed by atoms with Crippen LogP contribution in [0.25, 0.3) is 0 Å². The molecule has 2 rings (SSSR count). The van der Waals surface area contributed by atoms with E-state index in [1.54, 1.807) is 4.90 Å². The second-order valence-corrected chi connectivity index (χ2v) is 5.68. The lowest BCUT2D eigenvalue weighted by Gasteiger charge is -2.29. The molecule has 1 atom stereocenters. The van der Waals surface area contributed by atoms with Crippen molar-refractivity contribution in [3.8, 4) is 0 Å². The van der Waals surface area contributed by atoms with Gasteiger partial charge in [-0.1, -0.05) is 18.2 Å². The second-order valence-electron chi connectivity index (χ2n) is 5.68. The molecule has 0 bridgehead atoms. The van der Waals surface area contributed by atoms with Gasteiger partial charge in [-0.2, -0.15) is 0 Å². The summed E-state index contributed by atoms with van der Waals surface area (Å²) >= 11 is 0. The molecule has 0 radical (unpaired) electrons. The van der Waals surface area contributed by atoms with Crippen LogP contribution in [-0.2, 0) is 16.0 Å². The quantitative estimate of drug-likeness (QED) is 0.842. The normalized spacial score (nSPS) is 16.4. The topological polar surface area (TPSA) is 69.6 Å². The molecule has 1 aliphatic rings. The molecular formula is C16H22N2O3. The summed E-state index contributed by atoms with van der Waals surface area (Å²) in [7, 11) is 0. The molecule has 1 aromatic rings. The van der Waals surface area contributed by atoms with Gasteiger partial charge in [-0.05, 0) is 31.9 Å². The third kappa shape index (κ3) is 3.74. The number of nitrogens with one attached hydrogen (secondary N) is 1. The van der Waals surface area contributed by atoms with E-state index in [9.17, 15) is 9.59 Å². The number of carbonyl (C=O) groups excluding carboxylic acids is 1. The summed E-state index contributed by atoms with van der Waals surface area (Å²) in [5.41, 5.74) is 2.18. The van der Waals surface area contributed by atoms with E-state index in [1.165, 1.54) is 0 Å². The van der Waals surface area contributed by atoms with Crippen LogP contribution in [0.2, 0.25) is 0 Å². The number of amides is 1. The van der Waals surface area contributed by atoms with Gasteiger partial charge < -0.3 is 15.3 Å². The van der Waals surface area contributed by atoms with E-state index >= 15 is 0 Å². The molecule has 0 spiro atoms. The zero-order chi connectivity index (χ0) is 15.4. The van der Waals surface area contributed by atoms with Gasteiger partial charge in [-0.3, -0.25) is 9.59 Å². The van der Waals surface area contributed by atoms with E-state index in [0.29, 0.717) is 19.4 Å². The first-order chi connectivity index (χ1) is 9.99. The number of carbonyl (C=O) groups is 2. The van der Waals surface area contributed by atoms with Crippen molar-refractivity contribution in [3.05, 3.63) is 29.8 Å². The van der Waals surface area contributed by atoms with Crippen molar-refractivity contribution < 1.29 is 14.7 Å². The van der Waals surface area contributed by atoms with Crippen LogP contribution in [0.5, 0.6) is 0 Å². The summed E-state index contributed by atoms with van der Waals surface area (Å²) in [6, 6.07) is 7.75. The standard InChI is InChI=1S/C16H22N2O3/c1-11(2)18(9-5-8-15(19)20)16(21)14-10-12-6-3-4-7-13(12)17-14/h3-4,6-7,11,14,17H,5,8-10H2,1-2H3,(H,19,20). The molecule has 0 saturated carbocycles. The minimum atomic E-state index is -0.822. The number of benzene rings is 1. The van der Waals surface area contributed by atoms with Crippen molar-refractivity contribution in [2.45, 2.75) is 45.2 Å². The highest BCUT2D eigenvalue weighted by molar-refractivity contribution is 5.87. The fourth-order valence-electron chi connectivity index (χ4n) is 2.67. The Bertz CT molecular complexity index is 503. The number of nitrogens with zero attached hydrogens (tertiary/aromatic N) is 1. The predicted octanol–water partition coefficient (Wildman–Crippen LogP) is 2.12. The Balaban J connectivity index is 1.98. The van der Waals surface area contributed by atoms with Gasteiger partial charge in [-0.25, -0.2) is 0 Å². The number of hydrogen-bond donors (Lipinski definition) is 2. The summed E-state index contributed by atoms with van der Waals surface area (Å²) in [5, 5.41) is 12.0. The highest BCUT2D eigenvalue weighted by Gasteiger charge is 2.30. The fraction of sp³-hybridized carbons (Fsp3) is 0.500. The lowest BCUT2D eigenvalue weighted by Crippen LogP contribution is -2.46. The van der Waals surface area contributed by atoms with Crippen LogP contribution in [0.4, 0.5) is 5.69 Å². The van der Waals surface area contributed by atoms with Crippen molar-refractivity contribution in [1.29, 1.82) is 0 Å². The Hall–Kier alpha value is -2.04. The summed E-state index contributed by atoms with van der Waals surface area (Å²) < 4.78 is 0. The van der Waals surface area contributed by atoms with Gasteiger partial charge in [0.15, 0.2) is 0 Å². The minimum Gasteiger partial charge on any atom is -0.481 e. The lowest BCUT2D eigenvalue weighted by molar-refractivity contribution is -0.138. The number of para-hydroxylation sites is 1. The smallest absolute Gasteiger partial charge is 0.303 e. The molecule has 0 aliphatic carbocycles. The van der Waals surface area contributed by atoms with Crippen LogP contribution < -0.4 is 5.32 Å². The van der Waals surface area contributed by atoms with E-state index < -0.39 is 5.97 Å². The number of aliphatic carboxylic acids is 1. The molecule has 2 N–H and O–H groups in total. The van der Waals surface area contributed by atoms with E-state index in [1.807, 2.05) is 38.1 Å². The van der Waals surface area contributed by atoms with Gasteiger partial charge in [0.05, 0.1) is 0 Å². The molecule has 21 heavy (non-hydrogen) atoms. The van der Waals surface area contributed by atoms with Crippen LogP contribution >= 0.6 is 0 Å². The first kappa shape index (κ1) is 15.4. The number of carboxylic acids is 1. The molecule has 1 heterocycles. The SMILES string of the molecule is CC(C)N(CCCC(=O)O)C(=O)C1Cc2ccccc2N1. The Labute approximate surface area is 125 Å². The molecular weight excluding hydrogens is 268 g/mol. The Morgan fingerprint density at radius 3 is 2.71 bits per heavy atom. The van der Waals surface area contributed by atoms with Crippen molar-refractivity contribution in [1.82, 2.24) is 4.90 Å². The maximum absolute atomic E-state index is 12.6. The van der Waals surface area contributed by atoms with E-state index in [2.05, 4.69) is 5.32 Å². The number of carboxylic acid groups (broad SMARTS) is 1. The van der Waals surface area contributed by atoms with Crippen molar-refractivity contribution in [3.63, 3.8) is 0 Å². The number of anilines is 1. The van der Waals surface area contributed by atoms with Crippen LogP contribution in [0, 0.1) is 0 Å². The molecule has 0 saturated heterocycles. The Morgan fingerprint density at radius 1 is 1.38 bits per heavy atom. The van der Waals surface area contributed by atoms with Gasteiger partial charge in [0.2, 0.25) is 5.91 Å². The molecule has 1 amide bonds. The van der Waals surface area contributed by atoms with Gasteiger partial charge in [-0.15, -0.1) is 0 Å². The number of hydrogen-bond acceptors (Lipinski definition) is 3. The highest BCUT2D eigenvalue weighted by Crippen LogP contribution is 2.26. The monoisotopic (exact) mass is 290 g/mol.